The molecular weight excluding hydrogens is 290 g/mol. The van der Waals surface area contributed by atoms with Gasteiger partial charge in [0.05, 0.1) is 17.1 Å². The molecule has 0 atom stereocenters. The first-order valence-electron chi connectivity index (χ1n) is 6.52. The van der Waals surface area contributed by atoms with E-state index < -0.39 is 0 Å². The van der Waals surface area contributed by atoms with Crippen LogP contribution >= 0.6 is 11.6 Å². The van der Waals surface area contributed by atoms with Gasteiger partial charge in [0, 0.05) is 11.6 Å². The number of carbonyl (C=O) groups excluding carboxylic acids is 2. The number of hydrogen-bond donors (Lipinski definition) is 0. The third-order valence-electron chi connectivity index (χ3n) is 3.17. The van der Waals surface area contributed by atoms with E-state index >= 15 is 0 Å². The fourth-order valence-corrected chi connectivity index (χ4v) is 2.27. The second kappa shape index (κ2) is 6.14. The average molecular weight is 306 g/mol. The van der Waals surface area contributed by atoms with Crippen LogP contribution in [0.4, 0.5) is 5.69 Å². The molecule has 1 aliphatic heterocycles. The monoisotopic (exact) mass is 305 g/mol. The summed E-state index contributed by atoms with van der Waals surface area (Å²) >= 11 is 6.03. The highest BCUT2D eigenvalue weighted by Crippen LogP contribution is 2.33. The first-order valence-corrected chi connectivity index (χ1v) is 6.90. The van der Waals surface area contributed by atoms with Crippen molar-refractivity contribution >= 4 is 29.1 Å². The van der Waals surface area contributed by atoms with Crippen LogP contribution in [0.25, 0.3) is 0 Å². The lowest BCUT2D eigenvalue weighted by atomic mass is 10.1. The highest BCUT2D eigenvalue weighted by Gasteiger charge is 2.35. The molecule has 1 aliphatic rings. The van der Waals surface area contributed by atoms with Crippen molar-refractivity contribution in [1.82, 2.24) is 0 Å². The van der Waals surface area contributed by atoms with E-state index in [1.807, 2.05) is 13.8 Å². The van der Waals surface area contributed by atoms with Crippen LogP contribution in [0.2, 0.25) is 5.02 Å². The van der Waals surface area contributed by atoms with Crippen molar-refractivity contribution in [3.63, 3.8) is 0 Å². The summed E-state index contributed by atoms with van der Waals surface area (Å²) in [6.45, 7) is 7.51. The van der Waals surface area contributed by atoms with E-state index in [9.17, 15) is 9.59 Å². The van der Waals surface area contributed by atoms with Crippen molar-refractivity contribution < 1.29 is 14.3 Å². The van der Waals surface area contributed by atoms with Crippen LogP contribution in [0.5, 0.6) is 5.75 Å². The highest BCUT2D eigenvalue weighted by atomic mass is 35.5. The Kier molecular flexibility index (Phi) is 4.48. The maximum absolute atomic E-state index is 12.3. The smallest absolute Gasteiger partial charge is 0.261 e. The molecule has 4 nitrogen and oxygen atoms in total. The third-order valence-corrected chi connectivity index (χ3v) is 3.48. The van der Waals surface area contributed by atoms with E-state index in [1.54, 1.807) is 24.3 Å². The maximum Gasteiger partial charge on any atom is 0.261 e. The zero-order valence-corrected chi connectivity index (χ0v) is 12.7. The van der Waals surface area contributed by atoms with Crippen LogP contribution in [0.3, 0.4) is 0 Å². The minimum absolute atomic E-state index is 0.132. The second-order valence-corrected chi connectivity index (χ2v) is 5.31. The van der Waals surface area contributed by atoms with E-state index in [2.05, 4.69) is 6.58 Å². The molecule has 0 saturated carbocycles. The number of anilines is 1. The lowest BCUT2D eigenvalue weighted by Gasteiger charge is -2.15. The van der Waals surface area contributed by atoms with Crippen molar-refractivity contribution in [3.8, 4) is 5.75 Å². The maximum atomic E-state index is 12.3. The van der Waals surface area contributed by atoms with E-state index in [4.69, 9.17) is 16.3 Å². The summed E-state index contributed by atoms with van der Waals surface area (Å²) in [4.78, 5) is 25.6. The van der Waals surface area contributed by atoms with Crippen LogP contribution in [0, 0.1) is 0 Å². The van der Waals surface area contributed by atoms with E-state index in [0.29, 0.717) is 28.6 Å². The number of halogens is 1. The van der Waals surface area contributed by atoms with Crippen LogP contribution in [0.15, 0.2) is 42.0 Å². The number of amides is 2. The van der Waals surface area contributed by atoms with Crippen molar-refractivity contribution in [2.45, 2.75) is 20.3 Å². The Morgan fingerprint density at radius 3 is 2.71 bits per heavy atom. The Hall–Kier alpha value is -2.07. The Morgan fingerprint density at radius 1 is 1.43 bits per heavy atom. The van der Waals surface area contributed by atoms with E-state index in [0.717, 1.165) is 5.57 Å². The number of rotatable bonds is 4. The minimum Gasteiger partial charge on any atom is -0.488 e. The molecule has 0 N–H and O–H groups in total. The molecule has 1 saturated heterocycles. The number of imide groups is 1. The van der Waals surface area contributed by atoms with Gasteiger partial charge in [-0.3, -0.25) is 9.59 Å². The molecule has 0 aromatic heterocycles. The van der Waals surface area contributed by atoms with Gasteiger partial charge in [0.15, 0.2) is 0 Å². The quantitative estimate of drug-likeness (QED) is 0.486. The van der Waals surface area contributed by atoms with Crippen molar-refractivity contribution in [1.29, 1.82) is 0 Å². The molecule has 110 valence electrons. The Bertz CT molecular complexity index is 645. The molecule has 1 heterocycles. The fourth-order valence-electron chi connectivity index (χ4n) is 2.10. The van der Waals surface area contributed by atoms with Crippen molar-refractivity contribution in [2.24, 2.45) is 0 Å². The van der Waals surface area contributed by atoms with Crippen LogP contribution in [-0.4, -0.2) is 18.4 Å². The Morgan fingerprint density at radius 2 is 2.14 bits per heavy atom. The minimum atomic E-state index is -0.281. The number of hydrogen-bond acceptors (Lipinski definition) is 3. The molecular formula is C16H16ClNO3. The van der Waals surface area contributed by atoms with Crippen LogP contribution in [-0.2, 0) is 9.59 Å². The summed E-state index contributed by atoms with van der Waals surface area (Å²) in [6, 6.07) is 4.83. The van der Waals surface area contributed by atoms with Crippen molar-refractivity contribution in [3.05, 3.63) is 47.0 Å². The summed E-state index contributed by atoms with van der Waals surface area (Å²) < 4.78 is 5.42. The van der Waals surface area contributed by atoms with Gasteiger partial charge in [-0.2, -0.15) is 0 Å². The summed E-state index contributed by atoms with van der Waals surface area (Å²) in [6.07, 6.45) is 1.73. The molecule has 5 heteroatoms. The lowest BCUT2D eigenvalue weighted by Crippen LogP contribution is -2.29. The van der Waals surface area contributed by atoms with Gasteiger partial charge in [-0.25, -0.2) is 4.90 Å². The largest absolute Gasteiger partial charge is 0.488 e. The van der Waals surface area contributed by atoms with E-state index in [1.165, 1.54) is 4.90 Å². The zero-order valence-electron chi connectivity index (χ0n) is 12.0. The predicted octanol–water partition coefficient (Wildman–Crippen LogP) is 3.50. The van der Waals surface area contributed by atoms with Gasteiger partial charge in [0.25, 0.3) is 5.91 Å². The molecule has 0 bridgehead atoms. The highest BCUT2D eigenvalue weighted by molar-refractivity contribution is 6.32. The number of carbonyl (C=O) groups is 2. The fraction of sp³-hybridized carbons (Fsp3) is 0.250. The summed E-state index contributed by atoms with van der Waals surface area (Å²) in [5, 5.41) is 0.419. The first-order chi connectivity index (χ1) is 9.95. The standard InChI is InChI=1S/C16H16ClNO3/c1-4-7-21-14-8-11(5-6-13(14)17)18-15(19)9-12(10(2)3)16(18)20/h4-6,8H,1,7,9H2,2-3H3. The number of nitrogens with zero attached hydrogens (tertiary/aromatic N) is 1. The first kappa shape index (κ1) is 15.3. The van der Waals surface area contributed by atoms with Gasteiger partial charge < -0.3 is 4.74 Å². The summed E-state index contributed by atoms with van der Waals surface area (Å²) in [5.74, 6) is -0.106. The SMILES string of the molecule is C=CCOc1cc(N2C(=O)CC(=C(C)C)C2=O)ccc1Cl. The van der Waals surface area contributed by atoms with E-state index in [-0.39, 0.29) is 18.2 Å². The molecule has 0 aliphatic carbocycles. The predicted molar refractivity (Wildman–Crippen MR) is 82.6 cm³/mol. The lowest BCUT2D eigenvalue weighted by molar-refractivity contribution is -0.120. The molecule has 0 unspecified atom stereocenters. The van der Waals surface area contributed by atoms with Gasteiger partial charge in [-0.15, -0.1) is 0 Å². The molecule has 0 spiro atoms. The Labute approximate surface area is 128 Å². The number of benzene rings is 1. The molecule has 1 aromatic carbocycles. The van der Waals surface area contributed by atoms with Gasteiger partial charge in [-0.1, -0.05) is 29.8 Å². The Balaban J connectivity index is 2.38. The molecule has 21 heavy (non-hydrogen) atoms. The molecule has 2 rings (SSSR count). The van der Waals surface area contributed by atoms with Gasteiger partial charge in [0.1, 0.15) is 12.4 Å². The normalized spacial score (nSPS) is 14.6. The number of ether oxygens (including phenoxy) is 1. The summed E-state index contributed by atoms with van der Waals surface area (Å²) in [5.41, 5.74) is 1.86. The number of allylic oxidation sites excluding steroid dienone is 1. The topological polar surface area (TPSA) is 46.6 Å². The van der Waals surface area contributed by atoms with Gasteiger partial charge in [-0.05, 0) is 26.0 Å². The molecule has 0 radical (unpaired) electrons. The van der Waals surface area contributed by atoms with Gasteiger partial charge >= 0.3 is 0 Å². The third kappa shape index (κ3) is 3.00. The van der Waals surface area contributed by atoms with Crippen LogP contribution in [0.1, 0.15) is 20.3 Å². The average Bonchev–Trinajstić information content (AvgIpc) is 2.74. The second-order valence-electron chi connectivity index (χ2n) is 4.90. The van der Waals surface area contributed by atoms with Crippen LogP contribution < -0.4 is 9.64 Å². The van der Waals surface area contributed by atoms with Gasteiger partial charge in [0.2, 0.25) is 5.91 Å². The molecule has 1 fully saturated rings. The molecule has 2 amide bonds. The van der Waals surface area contributed by atoms with Crippen molar-refractivity contribution in [2.75, 3.05) is 11.5 Å². The summed E-state index contributed by atoms with van der Waals surface area (Å²) in [7, 11) is 0. The zero-order chi connectivity index (χ0) is 15.6. The molecule has 1 aromatic rings.